The summed E-state index contributed by atoms with van der Waals surface area (Å²) in [7, 11) is 0. The van der Waals surface area contributed by atoms with Crippen molar-refractivity contribution in [3.63, 3.8) is 0 Å². The Hall–Kier alpha value is -3.49. The van der Waals surface area contributed by atoms with Crippen molar-refractivity contribution in [3.8, 4) is 0 Å². The van der Waals surface area contributed by atoms with Crippen molar-refractivity contribution in [3.05, 3.63) is 34.5 Å². The van der Waals surface area contributed by atoms with E-state index in [-0.39, 0.29) is 18.2 Å². The molecule has 2 fully saturated rings. The number of likely N-dealkylation sites (tertiary alicyclic amines) is 2. The van der Waals surface area contributed by atoms with Crippen LogP contribution in [0, 0.1) is 0 Å². The number of hydrogen-bond acceptors (Lipinski definition) is 12. The van der Waals surface area contributed by atoms with Gasteiger partial charge in [0.05, 0.1) is 15.1 Å². The Labute approximate surface area is 288 Å². The van der Waals surface area contributed by atoms with Crippen molar-refractivity contribution in [2.45, 2.75) is 90.5 Å². The van der Waals surface area contributed by atoms with Crippen LogP contribution >= 0.6 is 34.3 Å². The quantitative estimate of drug-likeness (QED) is 0.218. The van der Waals surface area contributed by atoms with Crippen molar-refractivity contribution >= 4 is 78.5 Å². The van der Waals surface area contributed by atoms with Crippen LogP contribution in [0.3, 0.4) is 0 Å². The SMILES string of the molecule is CC(C)(C)OC(=O)N1CCC(Nc2ncnc3sc(Cl)cc23)CC1.CC(C)(C)OC(=O)N1CCC(Nc2ncnc3sccc23)CC1. The smallest absolute Gasteiger partial charge is 0.410 e. The highest BCUT2D eigenvalue weighted by atomic mass is 35.5. The molecule has 6 heterocycles. The maximum atomic E-state index is 12.1. The summed E-state index contributed by atoms with van der Waals surface area (Å²) in [6.07, 6.45) is 6.15. The molecular weight excluding hydrogens is 660 g/mol. The van der Waals surface area contributed by atoms with Crippen molar-refractivity contribution in [1.82, 2.24) is 29.7 Å². The monoisotopic (exact) mass is 702 g/mol. The highest BCUT2D eigenvalue weighted by molar-refractivity contribution is 7.22. The van der Waals surface area contributed by atoms with Crippen LogP contribution in [0.25, 0.3) is 20.4 Å². The molecule has 0 radical (unpaired) electrons. The number of anilines is 2. The topological polar surface area (TPSA) is 135 Å². The molecule has 4 aromatic heterocycles. The van der Waals surface area contributed by atoms with Gasteiger partial charge in [-0.15, -0.1) is 22.7 Å². The Morgan fingerprint density at radius 3 is 1.72 bits per heavy atom. The predicted molar refractivity (Wildman–Crippen MR) is 189 cm³/mol. The van der Waals surface area contributed by atoms with Gasteiger partial charge in [-0.05, 0) is 84.7 Å². The normalized spacial score (nSPS) is 16.5. The number of hydrogen-bond donors (Lipinski definition) is 2. The van der Waals surface area contributed by atoms with Crippen molar-refractivity contribution in [2.24, 2.45) is 0 Å². The number of carbonyl (C=O) groups excluding carboxylic acids is 2. The molecular formula is C32H43ClN8O4S2. The number of halogens is 1. The molecule has 15 heteroatoms. The van der Waals surface area contributed by atoms with E-state index in [2.05, 4.69) is 30.6 Å². The first-order valence-electron chi connectivity index (χ1n) is 15.8. The average Bonchev–Trinajstić information content (AvgIpc) is 3.64. The summed E-state index contributed by atoms with van der Waals surface area (Å²) in [6, 6.07) is 4.50. The number of rotatable bonds is 4. The lowest BCUT2D eigenvalue weighted by Gasteiger charge is -2.34. The first kappa shape index (κ1) is 34.8. The number of carbonyl (C=O) groups is 2. The number of nitrogens with zero attached hydrogens (tertiary/aromatic N) is 6. The van der Waals surface area contributed by atoms with Gasteiger partial charge in [-0.25, -0.2) is 29.5 Å². The molecule has 0 spiro atoms. The van der Waals surface area contributed by atoms with Crippen LogP contribution in [0.15, 0.2) is 30.2 Å². The fourth-order valence-electron chi connectivity index (χ4n) is 5.30. The van der Waals surface area contributed by atoms with Crippen LogP contribution in [0.2, 0.25) is 4.34 Å². The average molecular weight is 703 g/mol. The summed E-state index contributed by atoms with van der Waals surface area (Å²) in [5, 5.41) is 11.0. The van der Waals surface area contributed by atoms with Crippen molar-refractivity contribution < 1.29 is 19.1 Å². The molecule has 47 heavy (non-hydrogen) atoms. The Balaban J connectivity index is 0.000000185. The fraction of sp³-hybridized carbons (Fsp3) is 0.562. The standard InChI is InChI=1S/C16H21ClN4O2S.C16H22N4O2S/c1-16(2,3)23-15(22)21-6-4-10(5-7-21)20-13-11-8-12(17)24-14(11)19-9-18-13;1-16(2,3)22-15(21)20-7-4-11(5-8-20)19-13-12-6-9-23-14(12)18-10-17-13/h8-10H,4-7H2,1-3H3,(H,18,19,20);6,9-11H,4-5,7-8H2,1-3H3,(H,17,18,19). The van der Waals surface area contributed by atoms with Gasteiger partial charge in [0.25, 0.3) is 0 Å². The van der Waals surface area contributed by atoms with Crippen LogP contribution in [-0.2, 0) is 9.47 Å². The number of thiophene rings is 2. The van der Waals surface area contributed by atoms with Gasteiger partial charge >= 0.3 is 12.2 Å². The van der Waals surface area contributed by atoms with Gasteiger partial charge in [0.2, 0.25) is 0 Å². The third-order valence-electron chi connectivity index (χ3n) is 7.54. The highest BCUT2D eigenvalue weighted by Gasteiger charge is 2.28. The van der Waals surface area contributed by atoms with E-state index in [9.17, 15) is 9.59 Å². The number of aromatic nitrogens is 4. The second-order valence-corrected chi connectivity index (χ2v) is 16.2. The Kier molecular flexibility index (Phi) is 10.9. The molecule has 2 saturated heterocycles. The lowest BCUT2D eigenvalue weighted by Crippen LogP contribution is -2.44. The summed E-state index contributed by atoms with van der Waals surface area (Å²) in [5.74, 6) is 1.69. The van der Waals surface area contributed by atoms with Crippen LogP contribution in [0.4, 0.5) is 21.2 Å². The number of piperidine rings is 2. The Morgan fingerprint density at radius 2 is 1.23 bits per heavy atom. The Bertz CT molecular complexity index is 1670. The van der Waals surface area contributed by atoms with Gasteiger partial charge in [0.1, 0.15) is 45.2 Å². The van der Waals surface area contributed by atoms with Gasteiger partial charge in [-0.2, -0.15) is 0 Å². The van der Waals surface area contributed by atoms with E-state index < -0.39 is 11.2 Å². The van der Waals surface area contributed by atoms with Gasteiger partial charge in [-0.1, -0.05) is 11.6 Å². The summed E-state index contributed by atoms with van der Waals surface area (Å²) in [4.78, 5) is 46.8. The molecule has 12 nitrogen and oxygen atoms in total. The zero-order valence-electron chi connectivity index (χ0n) is 27.7. The van der Waals surface area contributed by atoms with E-state index in [0.717, 1.165) is 57.8 Å². The number of nitrogens with one attached hydrogen (secondary N) is 2. The van der Waals surface area contributed by atoms with Crippen LogP contribution in [0.5, 0.6) is 0 Å². The molecule has 0 saturated carbocycles. The summed E-state index contributed by atoms with van der Waals surface area (Å²) in [6.45, 7) is 14.1. The molecule has 0 atom stereocenters. The van der Waals surface area contributed by atoms with Crippen LogP contribution in [-0.4, -0.2) is 91.4 Å². The second-order valence-electron chi connectivity index (χ2n) is 13.6. The van der Waals surface area contributed by atoms with Gasteiger partial charge < -0.3 is 29.9 Å². The predicted octanol–water partition coefficient (Wildman–Crippen LogP) is 7.66. The Morgan fingerprint density at radius 1 is 0.766 bits per heavy atom. The van der Waals surface area contributed by atoms with Crippen LogP contribution < -0.4 is 10.6 Å². The maximum absolute atomic E-state index is 12.1. The van der Waals surface area contributed by atoms with E-state index in [0.29, 0.717) is 36.6 Å². The summed E-state index contributed by atoms with van der Waals surface area (Å²) in [5.41, 5.74) is -0.908. The summed E-state index contributed by atoms with van der Waals surface area (Å²) >= 11 is 9.12. The lowest BCUT2D eigenvalue weighted by molar-refractivity contribution is 0.0199. The lowest BCUT2D eigenvalue weighted by atomic mass is 10.1. The molecule has 4 aromatic rings. The van der Waals surface area contributed by atoms with E-state index in [1.54, 1.807) is 33.8 Å². The molecule has 2 N–H and O–H groups in total. The van der Waals surface area contributed by atoms with E-state index in [1.807, 2.05) is 59.1 Å². The third kappa shape index (κ3) is 9.77. The molecule has 2 amide bonds. The van der Waals surface area contributed by atoms with E-state index >= 15 is 0 Å². The number of fused-ring (bicyclic) bond motifs is 2. The minimum atomic E-state index is -0.461. The zero-order chi connectivity index (χ0) is 33.8. The molecule has 6 rings (SSSR count). The molecule has 254 valence electrons. The van der Waals surface area contributed by atoms with Gasteiger partial charge in [0, 0.05) is 38.3 Å². The van der Waals surface area contributed by atoms with Crippen LogP contribution in [0.1, 0.15) is 67.2 Å². The minimum absolute atomic E-state index is 0.224. The van der Waals surface area contributed by atoms with E-state index in [4.69, 9.17) is 21.1 Å². The number of ether oxygens (including phenoxy) is 2. The molecule has 2 aliphatic rings. The zero-order valence-corrected chi connectivity index (χ0v) is 30.1. The minimum Gasteiger partial charge on any atom is -0.444 e. The van der Waals surface area contributed by atoms with Gasteiger partial charge in [0.15, 0.2) is 0 Å². The molecule has 0 bridgehead atoms. The molecule has 2 aliphatic heterocycles. The maximum Gasteiger partial charge on any atom is 0.410 e. The first-order chi connectivity index (χ1) is 22.2. The molecule has 0 unspecified atom stereocenters. The molecule has 0 aromatic carbocycles. The molecule has 0 aliphatic carbocycles. The van der Waals surface area contributed by atoms with E-state index in [1.165, 1.54) is 11.3 Å². The third-order valence-corrected chi connectivity index (χ3v) is 9.53. The van der Waals surface area contributed by atoms with Gasteiger partial charge in [-0.3, -0.25) is 0 Å². The number of amides is 2. The van der Waals surface area contributed by atoms with Crippen molar-refractivity contribution in [1.29, 1.82) is 0 Å². The summed E-state index contributed by atoms with van der Waals surface area (Å²) < 4.78 is 11.6. The van der Waals surface area contributed by atoms with Crippen molar-refractivity contribution in [2.75, 3.05) is 36.8 Å². The second kappa shape index (κ2) is 14.7. The fourth-order valence-corrected chi connectivity index (χ4v) is 7.09. The largest absolute Gasteiger partial charge is 0.444 e. The highest BCUT2D eigenvalue weighted by Crippen LogP contribution is 2.32. The first-order valence-corrected chi connectivity index (χ1v) is 17.9.